The number of anilines is 1. The first-order chi connectivity index (χ1) is 14.3. The van der Waals surface area contributed by atoms with Gasteiger partial charge < -0.3 is 10.2 Å². The fourth-order valence-electron chi connectivity index (χ4n) is 4.57. The Morgan fingerprint density at radius 1 is 1.23 bits per heavy atom. The van der Waals surface area contributed by atoms with Gasteiger partial charge in [0.05, 0.1) is 10.6 Å². The van der Waals surface area contributed by atoms with Crippen LogP contribution in [-0.2, 0) is 4.79 Å². The zero-order chi connectivity index (χ0) is 21.5. The molecule has 0 unspecified atom stereocenters. The number of rotatable bonds is 3. The van der Waals surface area contributed by atoms with Crippen LogP contribution in [0.4, 0.5) is 11.4 Å². The summed E-state index contributed by atoms with van der Waals surface area (Å²) in [6.07, 6.45) is 3.09. The van der Waals surface area contributed by atoms with Crippen molar-refractivity contribution in [3.63, 3.8) is 0 Å². The Morgan fingerprint density at radius 2 is 1.97 bits per heavy atom. The number of amidine groups is 1. The second-order valence-electron chi connectivity index (χ2n) is 8.80. The summed E-state index contributed by atoms with van der Waals surface area (Å²) in [5, 5.41) is 3.51. The lowest BCUT2D eigenvalue weighted by Crippen LogP contribution is -2.48. The van der Waals surface area contributed by atoms with Gasteiger partial charge in [0.25, 0.3) is 5.91 Å². The van der Waals surface area contributed by atoms with Crippen molar-refractivity contribution in [2.75, 3.05) is 11.4 Å². The van der Waals surface area contributed by atoms with E-state index in [2.05, 4.69) is 61.1 Å². The van der Waals surface area contributed by atoms with Gasteiger partial charge in [0.15, 0.2) is 5.17 Å². The third kappa shape index (κ3) is 4.04. The maximum absolute atomic E-state index is 12.5. The van der Waals surface area contributed by atoms with Crippen molar-refractivity contribution in [1.29, 1.82) is 0 Å². The SMILES string of the molecule is CCN1c2ccc(/C=C3\SC(=Nc4ccc(C)cc4)NC3=O)cc2[C@@H](C)CC1(C)C. The molecule has 2 aliphatic rings. The van der Waals surface area contributed by atoms with Gasteiger partial charge in [0, 0.05) is 17.8 Å². The van der Waals surface area contributed by atoms with Crippen molar-refractivity contribution in [2.45, 2.75) is 52.5 Å². The molecule has 1 fully saturated rings. The summed E-state index contributed by atoms with van der Waals surface area (Å²) in [5.74, 6) is 0.396. The number of carbonyl (C=O) groups excluding carboxylic acids is 1. The highest BCUT2D eigenvalue weighted by Crippen LogP contribution is 2.43. The third-order valence-corrected chi connectivity index (χ3v) is 6.85. The van der Waals surface area contributed by atoms with Crippen LogP contribution in [0.25, 0.3) is 6.08 Å². The lowest BCUT2D eigenvalue weighted by Gasteiger charge is -2.47. The fourth-order valence-corrected chi connectivity index (χ4v) is 5.41. The van der Waals surface area contributed by atoms with E-state index in [0.29, 0.717) is 16.0 Å². The average molecular weight is 420 g/mol. The molecule has 0 aliphatic carbocycles. The van der Waals surface area contributed by atoms with Crippen LogP contribution in [-0.4, -0.2) is 23.2 Å². The smallest absolute Gasteiger partial charge is 0.264 e. The van der Waals surface area contributed by atoms with Crippen LogP contribution >= 0.6 is 11.8 Å². The van der Waals surface area contributed by atoms with Gasteiger partial charge in [-0.15, -0.1) is 0 Å². The van der Waals surface area contributed by atoms with Gasteiger partial charge in [0.2, 0.25) is 0 Å². The summed E-state index contributed by atoms with van der Waals surface area (Å²) >= 11 is 1.40. The molecule has 5 heteroatoms. The number of hydrogen-bond donors (Lipinski definition) is 1. The molecule has 0 aromatic heterocycles. The first kappa shape index (κ1) is 20.7. The first-order valence-electron chi connectivity index (χ1n) is 10.5. The van der Waals surface area contributed by atoms with Gasteiger partial charge in [-0.25, -0.2) is 4.99 Å². The van der Waals surface area contributed by atoms with Crippen LogP contribution in [0.5, 0.6) is 0 Å². The Labute approximate surface area is 183 Å². The molecular weight excluding hydrogens is 390 g/mol. The first-order valence-corrected chi connectivity index (χ1v) is 11.4. The molecule has 1 saturated heterocycles. The summed E-state index contributed by atoms with van der Waals surface area (Å²) in [4.78, 5) is 20.2. The van der Waals surface area contributed by atoms with E-state index in [4.69, 9.17) is 0 Å². The molecule has 1 atom stereocenters. The highest BCUT2D eigenvalue weighted by atomic mass is 32.2. The summed E-state index contributed by atoms with van der Waals surface area (Å²) in [5.41, 5.74) is 5.93. The van der Waals surface area contributed by atoms with Crippen LogP contribution in [0.2, 0.25) is 0 Å². The fraction of sp³-hybridized carbons (Fsp3) is 0.360. The minimum Gasteiger partial charge on any atom is -0.366 e. The molecule has 0 saturated carbocycles. The molecule has 4 nitrogen and oxygen atoms in total. The quantitative estimate of drug-likeness (QED) is 0.621. The van der Waals surface area contributed by atoms with Gasteiger partial charge in [-0.05, 0) is 93.3 Å². The topological polar surface area (TPSA) is 44.7 Å². The number of aliphatic imine (C=N–C) groups is 1. The second-order valence-corrected chi connectivity index (χ2v) is 9.83. The molecule has 2 heterocycles. The number of carbonyl (C=O) groups is 1. The Hall–Kier alpha value is -2.53. The summed E-state index contributed by atoms with van der Waals surface area (Å²) in [6.45, 7) is 12.2. The molecule has 0 radical (unpaired) electrons. The molecule has 2 aromatic carbocycles. The van der Waals surface area contributed by atoms with Gasteiger partial charge in [-0.3, -0.25) is 4.79 Å². The molecule has 2 aliphatic heterocycles. The van der Waals surface area contributed by atoms with E-state index in [0.717, 1.165) is 24.2 Å². The molecule has 1 N–H and O–H groups in total. The standard InChI is InChI=1S/C25H29N3OS/c1-6-28-21-12-9-18(13-20(21)17(3)15-25(28,4)5)14-22-23(29)27-24(30-22)26-19-10-7-16(2)8-11-19/h7-14,17H,6,15H2,1-5H3,(H,26,27,29)/b22-14-/t17-/m0/s1. The number of thioether (sulfide) groups is 1. The highest BCUT2D eigenvalue weighted by molar-refractivity contribution is 8.18. The Morgan fingerprint density at radius 3 is 2.67 bits per heavy atom. The molecular formula is C25H29N3OS. The molecule has 1 amide bonds. The van der Waals surface area contributed by atoms with Crippen molar-refractivity contribution >= 4 is 40.3 Å². The van der Waals surface area contributed by atoms with Gasteiger partial charge in [-0.1, -0.05) is 30.7 Å². The van der Waals surface area contributed by atoms with E-state index in [1.807, 2.05) is 37.3 Å². The monoisotopic (exact) mass is 419 g/mol. The number of aryl methyl sites for hydroxylation is 1. The average Bonchev–Trinajstić information content (AvgIpc) is 3.02. The number of nitrogens with one attached hydrogen (secondary N) is 1. The van der Waals surface area contributed by atoms with Crippen LogP contribution in [0.1, 0.15) is 56.7 Å². The van der Waals surface area contributed by atoms with Crippen molar-refractivity contribution in [3.8, 4) is 0 Å². The van der Waals surface area contributed by atoms with Crippen molar-refractivity contribution < 1.29 is 4.79 Å². The second kappa shape index (κ2) is 7.95. The normalized spacial score (nSPS) is 23.0. The number of amides is 1. The van der Waals surface area contributed by atoms with Gasteiger partial charge in [0.1, 0.15) is 0 Å². The van der Waals surface area contributed by atoms with E-state index >= 15 is 0 Å². The summed E-state index contributed by atoms with van der Waals surface area (Å²) in [6, 6.07) is 14.5. The highest BCUT2D eigenvalue weighted by Gasteiger charge is 2.35. The molecule has 0 bridgehead atoms. The van der Waals surface area contributed by atoms with E-state index in [1.54, 1.807) is 0 Å². The number of nitrogens with zero attached hydrogens (tertiary/aromatic N) is 2. The lowest BCUT2D eigenvalue weighted by molar-refractivity contribution is -0.115. The molecule has 30 heavy (non-hydrogen) atoms. The summed E-state index contributed by atoms with van der Waals surface area (Å²) in [7, 11) is 0. The van der Waals surface area contributed by atoms with Crippen molar-refractivity contribution in [1.82, 2.24) is 5.32 Å². The lowest BCUT2D eigenvalue weighted by atomic mass is 9.79. The van der Waals surface area contributed by atoms with E-state index in [1.165, 1.54) is 28.6 Å². The van der Waals surface area contributed by atoms with Crippen LogP contribution < -0.4 is 10.2 Å². The van der Waals surface area contributed by atoms with Crippen LogP contribution in [0.15, 0.2) is 52.4 Å². The predicted molar refractivity (Wildman–Crippen MR) is 129 cm³/mol. The largest absolute Gasteiger partial charge is 0.366 e. The van der Waals surface area contributed by atoms with Gasteiger partial charge >= 0.3 is 0 Å². The molecule has 2 aromatic rings. The summed E-state index contributed by atoms with van der Waals surface area (Å²) < 4.78 is 0. The van der Waals surface area contributed by atoms with Crippen molar-refractivity contribution in [3.05, 3.63) is 64.1 Å². The van der Waals surface area contributed by atoms with E-state index in [9.17, 15) is 4.79 Å². The van der Waals surface area contributed by atoms with Crippen LogP contribution in [0.3, 0.4) is 0 Å². The maximum atomic E-state index is 12.5. The van der Waals surface area contributed by atoms with E-state index < -0.39 is 0 Å². The predicted octanol–water partition coefficient (Wildman–Crippen LogP) is 6.00. The van der Waals surface area contributed by atoms with E-state index in [-0.39, 0.29) is 11.4 Å². The van der Waals surface area contributed by atoms with Crippen LogP contribution in [0, 0.1) is 6.92 Å². The number of hydrogen-bond acceptors (Lipinski definition) is 4. The number of fused-ring (bicyclic) bond motifs is 1. The molecule has 4 rings (SSSR count). The Kier molecular flexibility index (Phi) is 5.49. The minimum atomic E-state index is -0.0899. The molecule has 0 spiro atoms. The number of benzene rings is 2. The minimum absolute atomic E-state index is 0.0899. The Bertz CT molecular complexity index is 1040. The van der Waals surface area contributed by atoms with Crippen molar-refractivity contribution in [2.24, 2.45) is 4.99 Å². The molecule has 156 valence electrons. The Balaban J connectivity index is 1.60. The maximum Gasteiger partial charge on any atom is 0.264 e. The zero-order valence-corrected chi connectivity index (χ0v) is 19.1. The zero-order valence-electron chi connectivity index (χ0n) is 18.3. The third-order valence-electron chi connectivity index (χ3n) is 5.94. The van der Waals surface area contributed by atoms with Gasteiger partial charge in [-0.2, -0.15) is 0 Å².